The molecule has 0 radical (unpaired) electrons. The van der Waals surface area contributed by atoms with Gasteiger partial charge in [-0.2, -0.15) is 0 Å². The van der Waals surface area contributed by atoms with Gasteiger partial charge in [-0.15, -0.1) is 0 Å². The van der Waals surface area contributed by atoms with Crippen LogP contribution in [0.5, 0.6) is 0 Å². The van der Waals surface area contributed by atoms with Crippen LogP contribution in [-0.2, 0) is 17.6 Å². The minimum Gasteiger partial charge on any atom is -0.461 e. The van der Waals surface area contributed by atoms with Crippen LogP contribution < -0.4 is 0 Å². The normalized spacial score (nSPS) is 16.8. The number of aromatic nitrogens is 1. The molecule has 1 aromatic heterocycles. The van der Waals surface area contributed by atoms with E-state index in [0.717, 1.165) is 18.5 Å². The minimum atomic E-state index is -0.388. The number of esters is 1. The highest BCUT2D eigenvalue weighted by molar-refractivity contribution is 6.03. The molecule has 0 bridgehead atoms. The summed E-state index contributed by atoms with van der Waals surface area (Å²) >= 11 is 0. The average molecular weight is 325 g/mol. The maximum atomic E-state index is 12.6. The maximum Gasteiger partial charge on any atom is 0.355 e. The molecule has 0 saturated carbocycles. The topological polar surface area (TPSA) is 59.2 Å². The lowest BCUT2D eigenvalue weighted by Gasteiger charge is -2.22. The van der Waals surface area contributed by atoms with Crippen molar-refractivity contribution in [2.24, 2.45) is 0 Å². The molecule has 1 N–H and O–H groups in total. The number of carbonyl (C=O) groups is 2. The molecule has 1 unspecified atom stereocenters. The van der Waals surface area contributed by atoms with E-state index >= 15 is 0 Å². The van der Waals surface area contributed by atoms with Crippen LogP contribution in [0.15, 0.2) is 24.3 Å². The van der Waals surface area contributed by atoms with E-state index in [4.69, 9.17) is 4.74 Å². The molecular formula is C20H23NO3. The molecule has 0 spiro atoms. The number of aromatic amines is 1. The van der Waals surface area contributed by atoms with Gasteiger partial charge in [-0.25, -0.2) is 4.79 Å². The van der Waals surface area contributed by atoms with Crippen molar-refractivity contribution in [1.29, 1.82) is 0 Å². The Bertz CT molecular complexity index is 771. The first-order valence-corrected chi connectivity index (χ1v) is 8.55. The van der Waals surface area contributed by atoms with E-state index in [0.29, 0.717) is 29.8 Å². The quantitative estimate of drug-likeness (QED) is 0.865. The standard InChI is InChI=1S/C20H23NO3/c1-4-13-6-8-14(9-7-13)15-10-16-18(17(22)11-15)12(3)19(21-16)20(23)24-5-2/h6-9,15,21H,4-5,10-11H2,1-3H3. The van der Waals surface area contributed by atoms with E-state index in [9.17, 15) is 9.59 Å². The van der Waals surface area contributed by atoms with Gasteiger partial charge in [0.1, 0.15) is 5.69 Å². The average Bonchev–Trinajstić information content (AvgIpc) is 2.92. The van der Waals surface area contributed by atoms with Crippen molar-refractivity contribution in [3.8, 4) is 0 Å². The van der Waals surface area contributed by atoms with Crippen LogP contribution in [-0.4, -0.2) is 23.3 Å². The lowest BCUT2D eigenvalue weighted by atomic mass is 9.81. The highest BCUT2D eigenvalue weighted by atomic mass is 16.5. The summed E-state index contributed by atoms with van der Waals surface area (Å²) in [5.74, 6) is -0.129. The van der Waals surface area contributed by atoms with Crippen LogP contribution >= 0.6 is 0 Å². The van der Waals surface area contributed by atoms with Crippen molar-refractivity contribution in [3.63, 3.8) is 0 Å². The van der Waals surface area contributed by atoms with Gasteiger partial charge < -0.3 is 9.72 Å². The second-order valence-corrected chi connectivity index (χ2v) is 6.32. The van der Waals surface area contributed by atoms with E-state index < -0.39 is 0 Å². The molecule has 1 atom stereocenters. The molecule has 1 heterocycles. The highest BCUT2D eigenvalue weighted by Crippen LogP contribution is 2.35. The largest absolute Gasteiger partial charge is 0.461 e. The third-order valence-electron chi connectivity index (χ3n) is 4.83. The van der Waals surface area contributed by atoms with Crippen molar-refractivity contribution in [1.82, 2.24) is 4.98 Å². The Morgan fingerprint density at radius 1 is 1.21 bits per heavy atom. The number of Topliss-reactive ketones (excluding diaryl/α,β-unsaturated/α-hetero) is 1. The number of nitrogens with one attached hydrogen (secondary N) is 1. The lowest BCUT2D eigenvalue weighted by molar-refractivity contribution is 0.0519. The predicted octanol–water partition coefficient (Wildman–Crippen LogP) is 3.97. The van der Waals surface area contributed by atoms with E-state index in [1.807, 2.05) is 6.92 Å². The number of rotatable bonds is 4. The number of ketones is 1. The predicted molar refractivity (Wildman–Crippen MR) is 92.7 cm³/mol. The Hall–Kier alpha value is -2.36. The summed E-state index contributed by atoms with van der Waals surface area (Å²) in [6, 6.07) is 8.48. The Labute approximate surface area is 142 Å². The van der Waals surface area contributed by atoms with Gasteiger partial charge in [-0.05, 0) is 49.3 Å². The number of fused-ring (bicyclic) bond motifs is 1. The van der Waals surface area contributed by atoms with Crippen LogP contribution in [0.4, 0.5) is 0 Å². The number of ether oxygens (including phenoxy) is 1. The zero-order valence-electron chi connectivity index (χ0n) is 14.4. The lowest BCUT2D eigenvalue weighted by Crippen LogP contribution is -2.18. The van der Waals surface area contributed by atoms with Gasteiger partial charge in [0.05, 0.1) is 6.61 Å². The minimum absolute atomic E-state index is 0.102. The van der Waals surface area contributed by atoms with Crippen molar-refractivity contribution in [3.05, 3.63) is 57.9 Å². The van der Waals surface area contributed by atoms with E-state index in [1.54, 1.807) is 6.92 Å². The summed E-state index contributed by atoms with van der Waals surface area (Å²) in [7, 11) is 0. The molecule has 3 rings (SSSR count). The molecule has 0 saturated heterocycles. The van der Waals surface area contributed by atoms with Crippen molar-refractivity contribution in [2.45, 2.75) is 46.0 Å². The van der Waals surface area contributed by atoms with E-state index in [-0.39, 0.29) is 17.7 Å². The molecule has 4 nitrogen and oxygen atoms in total. The molecule has 1 aromatic carbocycles. The number of benzene rings is 1. The molecule has 0 aliphatic heterocycles. The summed E-state index contributed by atoms with van der Waals surface area (Å²) in [5, 5.41) is 0. The summed E-state index contributed by atoms with van der Waals surface area (Å²) in [4.78, 5) is 27.8. The molecule has 1 aliphatic carbocycles. The van der Waals surface area contributed by atoms with Crippen molar-refractivity contribution >= 4 is 11.8 Å². The van der Waals surface area contributed by atoms with Gasteiger partial charge >= 0.3 is 5.97 Å². The van der Waals surface area contributed by atoms with Crippen LogP contribution in [0.1, 0.15) is 69.4 Å². The first kappa shape index (κ1) is 16.5. The zero-order valence-corrected chi connectivity index (χ0v) is 14.4. The first-order chi connectivity index (χ1) is 11.5. The second-order valence-electron chi connectivity index (χ2n) is 6.32. The second kappa shape index (κ2) is 6.63. The SMILES string of the molecule is CCOC(=O)c1[nH]c2c(c1C)C(=O)CC(c1ccc(CC)cc1)C2. The van der Waals surface area contributed by atoms with Crippen LogP contribution in [0.3, 0.4) is 0 Å². The molecular weight excluding hydrogens is 302 g/mol. The fourth-order valence-corrected chi connectivity index (χ4v) is 3.50. The number of aryl methyl sites for hydroxylation is 1. The smallest absolute Gasteiger partial charge is 0.355 e. The van der Waals surface area contributed by atoms with Crippen molar-refractivity contribution < 1.29 is 14.3 Å². The molecule has 0 fully saturated rings. The van der Waals surface area contributed by atoms with Gasteiger partial charge in [0.2, 0.25) is 0 Å². The number of hydrogen-bond acceptors (Lipinski definition) is 3. The fourth-order valence-electron chi connectivity index (χ4n) is 3.50. The number of carbonyl (C=O) groups excluding carboxylic acids is 2. The van der Waals surface area contributed by atoms with Gasteiger partial charge in [0, 0.05) is 17.7 Å². The molecule has 2 aromatic rings. The van der Waals surface area contributed by atoms with Crippen LogP contribution in [0.25, 0.3) is 0 Å². The Balaban J connectivity index is 1.91. The highest BCUT2D eigenvalue weighted by Gasteiger charge is 2.32. The molecule has 0 amide bonds. The summed E-state index contributed by atoms with van der Waals surface area (Å²) in [6.07, 6.45) is 2.24. The first-order valence-electron chi connectivity index (χ1n) is 8.55. The van der Waals surface area contributed by atoms with Crippen molar-refractivity contribution in [2.75, 3.05) is 6.61 Å². The third-order valence-corrected chi connectivity index (χ3v) is 4.83. The molecule has 1 aliphatic rings. The number of hydrogen-bond donors (Lipinski definition) is 1. The van der Waals surface area contributed by atoms with Gasteiger partial charge in [0.15, 0.2) is 5.78 Å². The Kier molecular flexibility index (Phi) is 4.56. The summed E-state index contributed by atoms with van der Waals surface area (Å²) in [6.45, 7) is 6.04. The third kappa shape index (κ3) is 2.88. The molecule has 4 heteroatoms. The summed E-state index contributed by atoms with van der Waals surface area (Å²) < 4.78 is 5.08. The van der Waals surface area contributed by atoms with Gasteiger partial charge in [-0.3, -0.25) is 4.79 Å². The maximum absolute atomic E-state index is 12.6. The molecule has 24 heavy (non-hydrogen) atoms. The zero-order chi connectivity index (χ0) is 17.3. The Morgan fingerprint density at radius 3 is 2.54 bits per heavy atom. The summed E-state index contributed by atoms with van der Waals surface area (Å²) in [5.41, 5.74) is 5.14. The molecule has 126 valence electrons. The fraction of sp³-hybridized carbons (Fsp3) is 0.400. The van der Waals surface area contributed by atoms with Gasteiger partial charge in [0.25, 0.3) is 0 Å². The monoisotopic (exact) mass is 325 g/mol. The van der Waals surface area contributed by atoms with Crippen LogP contribution in [0, 0.1) is 6.92 Å². The number of H-pyrrole nitrogens is 1. The van der Waals surface area contributed by atoms with Gasteiger partial charge in [-0.1, -0.05) is 31.2 Å². The van der Waals surface area contributed by atoms with E-state index in [2.05, 4.69) is 36.2 Å². The van der Waals surface area contributed by atoms with E-state index in [1.165, 1.54) is 11.1 Å². The van der Waals surface area contributed by atoms with Crippen LogP contribution in [0.2, 0.25) is 0 Å². The Morgan fingerprint density at radius 2 is 1.92 bits per heavy atom.